The van der Waals surface area contributed by atoms with E-state index < -0.39 is 5.97 Å². The van der Waals surface area contributed by atoms with Crippen molar-refractivity contribution in [3.8, 4) is 5.40 Å². The normalized spacial score (nSPS) is 9.56. The van der Waals surface area contributed by atoms with Crippen molar-refractivity contribution in [2.24, 2.45) is 0 Å². The smallest absolute Gasteiger partial charge is 0.346 e. The predicted molar refractivity (Wildman–Crippen MR) is 61.8 cm³/mol. The van der Waals surface area contributed by atoms with Gasteiger partial charge in [0.1, 0.15) is 15.3 Å². The van der Waals surface area contributed by atoms with E-state index in [4.69, 9.17) is 10.4 Å². The third-order valence-corrected chi connectivity index (χ3v) is 3.85. The number of nitrogens with one attached hydrogen (secondary N) is 1. The molecule has 16 heavy (non-hydrogen) atoms. The van der Waals surface area contributed by atoms with E-state index in [1.807, 2.05) is 5.40 Å². The maximum absolute atomic E-state index is 10.9. The van der Waals surface area contributed by atoms with E-state index in [1.165, 1.54) is 6.92 Å². The van der Waals surface area contributed by atoms with Crippen molar-refractivity contribution in [2.75, 3.05) is 5.32 Å². The highest BCUT2D eigenvalue weighted by molar-refractivity contribution is 8.04. The van der Waals surface area contributed by atoms with Gasteiger partial charge in [-0.2, -0.15) is 5.26 Å². The zero-order chi connectivity index (χ0) is 12.3. The number of thiophene rings is 1. The van der Waals surface area contributed by atoms with E-state index in [0.717, 1.165) is 23.1 Å². The summed E-state index contributed by atoms with van der Waals surface area (Å²) in [4.78, 5) is 22.4. The molecule has 0 spiro atoms. The Morgan fingerprint density at radius 3 is 2.62 bits per heavy atom. The Labute approximate surface area is 100 Å². The zero-order valence-electron chi connectivity index (χ0n) is 8.53. The van der Waals surface area contributed by atoms with Crippen LogP contribution >= 0.6 is 23.1 Å². The fraction of sp³-hybridized carbons (Fsp3) is 0.222. The largest absolute Gasteiger partial charge is 0.477 e. The first-order valence-corrected chi connectivity index (χ1v) is 5.80. The molecule has 2 N–H and O–H groups in total. The maximum atomic E-state index is 10.9. The Bertz CT molecular complexity index is 488. The van der Waals surface area contributed by atoms with Crippen molar-refractivity contribution in [2.45, 2.75) is 18.7 Å². The minimum absolute atomic E-state index is 0.140. The molecule has 0 radical (unpaired) electrons. The number of carbonyl (C=O) groups excluding carboxylic acids is 1. The van der Waals surface area contributed by atoms with Gasteiger partial charge in [0.2, 0.25) is 5.91 Å². The topological polar surface area (TPSA) is 90.2 Å². The number of carboxylic acids is 1. The number of hydrogen-bond acceptors (Lipinski definition) is 5. The molecule has 0 aliphatic carbocycles. The molecule has 0 aliphatic rings. The number of hydrogen-bond donors (Lipinski definition) is 2. The number of thiocyanates is 1. The van der Waals surface area contributed by atoms with Crippen LogP contribution in [0.1, 0.15) is 22.2 Å². The van der Waals surface area contributed by atoms with Gasteiger partial charge in [0.25, 0.3) is 0 Å². The van der Waals surface area contributed by atoms with Gasteiger partial charge in [0, 0.05) is 6.92 Å². The van der Waals surface area contributed by atoms with Gasteiger partial charge in [-0.25, -0.2) is 4.79 Å². The molecule has 0 unspecified atom stereocenters. The average molecular weight is 256 g/mol. The quantitative estimate of drug-likeness (QED) is 0.639. The average Bonchev–Trinajstić information content (AvgIpc) is 2.46. The third kappa shape index (κ3) is 2.53. The molecular weight excluding hydrogens is 248 g/mol. The zero-order valence-corrected chi connectivity index (χ0v) is 10.2. The summed E-state index contributed by atoms with van der Waals surface area (Å²) in [5.41, 5.74) is 0.507. The molecule has 0 atom stereocenters. The molecule has 0 aliphatic heterocycles. The van der Waals surface area contributed by atoms with Crippen LogP contribution < -0.4 is 5.32 Å². The number of aromatic carboxylic acids is 1. The van der Waals surface area contributed by atoms with Gasteiger partial charge in [-0.1, -0.05) is 0 Å². The summed E-state index contributed by atoms with van der Waals surface area (Å²) in [5, 5.41) is 22.3. The molecule has 0 fully saturated rings. The van der Waals surface area contributed by atoms with Crippen LogP contribution in [0.3, 0.4) is 0 Å². The minimum Gasteiger partial charge on any atom is -0.477 e. The fourth-order valence-corrected chi connectivity index (χ4v) is 2.91. The van der Waals surface area contributed by atoms with Gasteiger partial charge >= 0.3 is 5.97 Å². The first-order valence-electron chi connectivity index (χ1n) is 4.17. The SMILES string of the molecule is CC(=O)Nc1sc(C(=O)O)c(C)c1SC#N. The second-order valence-electron chi connectivity index (χ2n) is 2.89. The van der Waals surface area contributed by atoms with Crippen LogP contribution in [0.2, 0.25) is 0 Å². The first kappa shape index (κ1) is 12.5. The number of anilines is 1. The summed E-state index contributed by atoms with van der Waals surface area (Å²) in [5.74, 6) is -1.35. The number of thioether (sulfide) groups is 1. The maximum Gasteiger partial charge on any atom is 0.346 e. The molecule has 1 aromatic rings. The number of amides is 1. The second-order valence-corrected chi connectivity index (χ2v) is 4.71. The Kier molecular flexibility index (Phi) is 3.93. The van der Waals surface area contributed by atoms with Crippen molar-refractivity contribution >= 4 is 40.0 Å². The minimum atomic E-state index is -1.06. The molecule has 7 heteroatoms. The van der Waals surface area contributed by atoms with E-state index in [9.17, 15) is 9.59 Å². The molecule has 0 bridgehead atoms. The first-order chi connectivity index (χ1) is 7.47. The Balaban J connectivity index is 3.25. The molecule has 1 amide bonds. The van der Waals surface area contributed by atoms with E-state index in [-0.39, 0.29) is 10.8 Å². The van der Waals surface area contributed by atoms with Crippen LogP contribution in [0, 0.1) is 17.6 Å². The third-order valence-electron chi connectivity index (χ3n) is 1.72. The summed E-state index contributed by atoms with van der Waals surface area (Å²) < 4.78 is 0. The summed E-state index contributed by atoms with van der Waals surface area (Å²) in [6.07, 6.45) is 0. The number of nitriles is 1. The number of carbonyl (C=O) groups is 2. The lowest BCUT2D eigenvalue weighted by molar-refractivity contribution is -0.114. The molecule has 84 valence electrons. The fourth-order valence-electron chi connectivity index (χ4n) is 1.11. The predicted octanol–water partition coefficient (Wildman–Crippen LogP) is 2.29. The Morgan fingerprint density at radius 2 is 2.19 bits per heavy atom. The van der Waals surface area contributed by atoms with Crippen molar-refractivity contribution in [1.29, 1.82) is 5.26 Å². The molecule has 0 aromatic carbocycles. The molecule has 0 saturated carbocycles. The number of carboxylic acid groups (broad SMARTS) is 1. The molecule has 1 aromatic heterocycles. The van der Waals surface area contributed by atoms with Crippen LogP contribution in [0.4, 0.5) is 5.00 Å². The van der Waals surface area contributed by atoms with Crippen LogP contribution in [0.5, 0.6) is 0 Å². The van der Waals surface area contributed by atoms with Crippen molar-refractivity contribution in [3.63, 3.8) is 0 Å². The molecular formula is C9H8N2O3S2. The molecule has 1 rings (SSSR count). The van der Waals surface area contributed by atoms with E-state index in [2.05, 4.69) is 5.32 Å². The number of rotatable bonds is 3. The highest BCUT2D eigenvalue weighted by atomic mass is 32.2. The van der Waals surface area contributed by atoms with Gasteiger partial charge in [0.15, 0.2) is 0 Å². The van der Waals surface area contributed by atoms with Crippen molar-refractivity contribution < 1.29 is 14.7 Å². The second kappa shape index (κ2) is 5.01. The van der Waals surface area contributed by atoms with Gasteiger partial charge in [0.05, 0.1) is 4.90 Å². The van der Waals surface area contributed by atoms with Crippen LogP contribution in [0.15, 0.2) is 4.90 Å². The standard InChI is InChI=1S/C9H8N2O3S2/c1-4-6(15-3-10)8(11-5(2)12)16-7(4)9(13)14/h1-2H3,(H,11,12)(H,13,14). The van der Waals surface area contributed by atoms with Crippen LogP contribution in [-0.4, -0.2) is 17.0 Å². The van der Waals surface area contributed by atoms with Gasteiger partial charge in [-0.05, 0) is 24.2 Å². The van der Waals surface area contributed by atoms with Gasteiger partial charge < -0.3 is 10.4 Å². The summed E-state index contributed by atoms with van der Waals surface area (Å²) >= 11 is 1.81. The van der Waals surface area contributed by atoms with Crippen LogP contribution in [0.25, 0.3) is 0 Å². The van der Waals surface area contributed by atoms with Gasteiger partial charge in [-0.15, -0.1) is 11.3 Å². The lowest BCUT2D eigenvalue weighted by Crippen LogP contribution is -2.04. The van der Waals surface area contributed by atoms with E-state index in [0.29, 0.717) is 15.5 Å². The van der Waals surface area contributed by atoms with E-state index >= 15 is 0 Å². The van der Waals surface area contributed by atoms with Gasteiger partial charge in [-0.3, -0.25) is 4.79 Å². The highest BCUT2D eigenvalue weighted by Gasteiger charge is 2.20. The van der Waals surface area contributed by atoms with Crippen molar-refractivity contribution in [3.05, 3.63) is 10.4 Å². The monoisotopic (exact) mass is 256 g/mol. The lowest BCUT2D eigenvalue weighted by atomic mass is 10.3. The molecule has 5 nitrogen and oxygen atoms in total. The van der Waals surface area contributed by atoms with E-state index in [1.54, 1.807) is 6.92 Å². The summed E-state index contributed by atoms with van der Waals surface area (Å²) in [6.45, 7) is 2.95. The number of nitrogens with zero attached hydrogens (tertiary/aromatic N) is 1. The Hall–Kier alpha value is -1.52. The molecule has 0 saturated heterocycles. The summed E-state index contributed by atoms with van der Waals surface area (Å²) in [6, 6.07) is 0. The molecule has 1 heterocycles. The van der Waals surface area contributed by atoms with Crippen molar-refractivity contribution in [1.82, 2.24) is 0 Å². The summed E-state index contributed by atoms with van der Waals surface area (Å²) in [7, 11) is 0. The lowest BCUT2D eigenvalue weighted by Gasteiger charge is -1.99. The Morgan fingerprint density at radius 1 is 1.56 bits per heavy atom. The van der Waals surface area contributed by atoms with Crippen LogP contribution in [-0.2, 0) is 4.79 Å². The highest BCUT2D eigenvalue weighted by Crippen LogP contribution is 2.39.